The fourth-order valence-corrected chi connectivity index (χ4v) is 0.502. The van der Waals surface area contributed by atoms with Crippen LogP contribution in [0.5, 0.6) is 0 Å². The van der Waals surface area contributed by atoms with E-state index in [2.05, 4.69) is 4.98 Å². The first-order valence-corrected chi connectivity index (χ1v) is 3.44. The Morgan fingerprint density at radius 2 is 1.82 bits per heavy atom. The molecule has 1 aromatic rings. The summed E-state index contributed by atoms with van der Waals surface area (Å²) in [6, 6.07) is 2.79. The number of pyridine rings is 1. The van der Waals surface area contributed by atoms with Gasteiger partial charge in [-0.3, -0.25) is 4.79 Å². The maximum atomic E-state index is 10.5. The monoisotopic (exact) mass is 155 g/mol. The molecule has 0 unspecified atom stereocenters. The van der Waals surface area contributed by atoms with Crippen LogP contribution in [-0.4, -0.2) is 4.98 Å². The second-order valence-corrected chi connectivity index (χ2v) is 1.69. The molecule has 0 saturated heterocycles. The van der Waals surface area contributed by atoms with E-state index in [0.29, 0.717) is 5.69 Å². The molecule has 5 N–H and O–H groups in total. The van der Waals surface area contributed by atoms with E-state index >= 15 is 0 Å². The molecule has 11 heavy (non-hydrogen) atoms. The van der Waals surface area contributed by atoms with Crippen molar-refractivity contribution < 1.29 is 0 Å². The lowest BCUT2D eigenvalue weighted by Crippen LogP contribution is -2.08. The van der Waals surface area contributed by atoms with Crippen molar-refractivity contribution in [3.8, 4) is 0 Å². The normalized spacial score (nSPS) is 8.18. The second-order valence-electron chi connectivity index (χ2n) is 1.69. The van der Waals surface area contributed by atoms with Gasteiger partial charge in [-0.15, -0.1) is 0 Å². The molecule has 4 nitrogen and oxygen atoms in total. The molecule has 1 aromatic heterocycles. The Hall–Kier alpha value is -1.45. The zero-order chi connectivity index (χ0) is 8.85. The Balaban J connectivity index is 0.000000461. The van der Waals surface area contributed by atoms with Gasteiger partial charge in [0.05, 0.1) is 5.69 Å². The van der Waals surface area contributed by atoms with E-state index in [1.165, 1.54) is 12.1 Å². The van der Waals surface area contributed by atoms with Gasteiger partial charge in [0, 0.05) is 6.07 Å². The molecular formula is C7H13N3O. The Morgan fingerprint density at radius 1 is 1.27 bits per heavy atom. The zero-order valence-corrected chi connectivity index (χ0v) is 6.72. The highest BCUT2D eigenvalue weighted by molar-refractivity contribution is 5.56. The molecule has 62 valence electrons. The smallest absolute Gasteiger partial charge is 0.249 e. The third-order valence-corrected chi connectivity index (χ3v) is 0.983. The van der Waals surface area contributed by atoms with Crippen molar-refractivity contribution in [1.29, 1.82) is 0 Å². The predicted octanol–water partition coefficient (Wildman–Crippen LogP) is 0.566. The molecule has 0 bridgehead atoms. The average molecular weight is 155 g/mol. The first-order valence-electron chi connectivity index (χ1n) is 3.44. The number of nitrogens with two attached hydrogens (primary N) is 2. The lowest BCUT2D eigenvalue weighted by atomic mass is 10.4. The van der Waals surface area contributed by atoms with Gasteiger partial charge in [-0.2, -0.15) is 0 Å². The molecule has 0 aliphatic heterocycles. The van der Waals surface area contributed by atoms with Crippen LogP contribution in [0.4, 0.5) is 11.5 Å². The highest BCUT2D eigenvalue weighted by Gasteiger charge is 1.90. The second kappa shape index (κ2) is 4.38. The van der Waals surface area contributed by atoms with Crippen molar-refractivity contribution in [2.75, 3.05) is 11.5 Å². The Labute approximate surface area is 65.2 Å². The summed E-state index contributed by atoms with van der Waals surface area (Å²) in [5, 5.41) is 0. The maximum absolute atomic E-state index is 10.5. The number of hydrogen-bond acceptors (Lipinski definition) is 3. The molecule has 0 spiro atoms. The summed E-state index contributed by atoms with van der Waals surface area (Å²) in [5.74, 6) is 0.225. The molecule has 0 aliphatic rings. The number of H-pyrrole nitrogens is 1. The van der Waals surface area contributed by atoms with Crippen LogP contribution in [0.3, 0.4) is 0 Å². The molecule has 1 rings (SSSR count). The highest BCUT2D eigenvalue weighted by atomic mass is 16.1. The molecular weight excluding hydrogens is 142 g/mol. The standard InChI is InChI=1S/C5H7N3O.C2H6/c6-3-1-2-4(9)8-5(3)7;1-2/h1-2H,6H2,(H3,7,8,9);1-2H3. The Kier molecular flexibility index (Phi) is 3.80. The Morgan fingerprint density at radius 3 is 2.18 bits per heavy atom. The van der Waals surface area contributed by atoms with Gasteiger partial charge in [-0.05, 0) is 6.07 Å². The minimum Gasteiger partial charge on any atom is -0.396 e. The SMILES string of the molecule is CC.Nc1ccc(=O)[nH]c1N. The number of nitrogen functional groups attached to an aromatic ring is 2. The van der Waals surface area contributed by atoms with Gasteiger partial charge in [0.15, 0.2) is 0 Å². The summed E-state index contributed by atoms with van der Waals surface area (Å²) >= 11 is 0. The van der Waals surface area contributed by atoms with Crippen LogP contribution < -0.4 is 17.0 Å². The number of nitrogens with one attached hydrogen (secondary N) is 1. The highest BCUT2D eigenvalue weighted by Crippen LogP contribution is 2.03. The molecule has 0 saturated carbocycles. The van der Waals surface area contributed by atoms with Crippen LogP contribution in [0.25, 0.3) is 0 Å². The Bertz CT molecular complexity index is 267. The van der Waals surface area contributed by atoms with Crippen molar-refractivity contribution in [3.05, 3.63) is 22.5 Å². The van der Waals surface area contributed by atoms with Crippen molar-refractivity contribution in [2.24, 2.45) is 0 Å². The van der Waals surface area contributed by atoms with E-state index in [1.54, 1.807) is 0 Å². The van der Waals surface area contributed by atoms with Gasteiger partial charge in [0.25, 0.3) is 0 Å². The first kappa shape index (κ1) is 9.55. The summed E-state index contributed by atoms with van der Waals surface area (Å²) < 4.78 is 0. The quantitative estimate of drug-likeness (QED) is 0.512. The molecule has 0 aliphatic carbocycles. The average Bonchev–Trinajstić information content (AvgIpc) is 2.02. The van der Waals surface area contributed by atoms with Crippen LogP contribution in [0, 0.1) is 0 Å². The van der Waals surface area contributed by atoms with E-state index < -0.39 is 0 Å². The molecule has 0 amide bonds. The third kappa shape index (κ3) is 2.75. The van der Waals surface area contributed by atoms with Crippen molar-refractivity contribution in [3.63, 3.8) is 0 Å². The lowest BCUT2D eigenvalue weighted by molar-refractivity contribution is 1.25. The number of hydrogen-bond donors (Lipinski definition) is 3. The van der Waals surface area contributed by atoms with E-state index in [1.807, 2.05) is 13.8 Å². The molecule has 1 heterocycles. The van der Waals surface area contributed by atoms with Crippen LogP contribution in [0.2, 0.25) is 0 Å². The summed E-state index contributed by atoms with van der Waals surface area (Å²) in [4.78, 5) is 12.8. The zero-order valence-electron chi connectivity index (χ0n) is 6.72. The fourth-order valence-electron chi connectivity index (χ4n) is 0.502. The first-order chi connectivity index (χ1) is 5.20. The van der Waals surface area contributed by atoms with Crippen LogP contribution in [-0.2, 0) is 0 Å². The van der Waals surface area contributed by atoms with Crippen LogP contribution >= 0.6 is 0 Å². The fraction of sp³-hybridized carbons (Fsp3) is 0.286. The van der Waals surface area contributed by atoms with Crippen molar-refractivity contribution in [1.82, 2.24) is 4.98 Å². The summed E-state index contributed by atoms with van der Waals surface area (Å²) in [6.45, 7) is 4.00. The number of anilines is 2. The lowest BCUT2D eigenvalue weighted by Gasteiger charge is -1.94. The van der Waals surface area contributed by atoms with Gasteiger partial charge >= 0.3 is 0 Å². The number of aromatic nitrogens is 1. The third-order valence-electron chi connectivity index (χ3n) is 0.983. The van der Waals surface area contributed by atoms with Crippen LogP contribution in [0.15, 0.2) is 16.9 Å². The van der Waals surface area contributed by atoms with Crippen LogP contribution in [0.1, 0.15) is 13.8 Å². The van der Waals surface area contributed by atoms with Gasteiger partial charge in [0.2, 0.25) is 5.56 Å². The number of aromatic amines is 1. The van der Waals surface area contributed by atoms with E-state index in [0.717, 1.165) is 0 Å². The molecule has 0 radical (unpaired) electrons. The molecule has 0 atom stereocenters. The van der Waals surface area contributed by atoms with E-state index in [4.69, 9.17) is 11.5 Å². The molecule has 0 fully saturated rings. The van der Waals surface area contributed by atoms with Gasteiger partial charge in [-0.1, -0.05) is 13.8 Å². The minimum absolute atomic E-state index is 0.225. The maximum Gasteiger partial charge on any atom is 0.249 e. The predicted molar refractivity (Wildman–Crippen MR) is 47.2 cm³/mol. The topological polar surface area (TPSA) is 84.9 Å². The van der Waals surface area contributed by atoms with Gasteiger partial charge < -0.3 is 16.5 Å². The van der Waals surface area contributed by atoms with Crippen molar-refractivity contribution >= 4 is 11.5 Å². The van der Waals surface area contributed by atoms with Crippen molar-refractivity contribution in [2.45, 2.75) is 13.8 Å². The van der Waals surface area contributed by atoms with E-state index in [9.17, 15) is 4.79 Å². The number of rotatable bonds is 0. The largest absolute Gasteiger partial charge is 0.396 e. The summed E-state index contributed by atoms with van der Waals surface area (Å²) in [6.07, 6.45) is 0. The van der Waals surface area contributed by atoms with Gasteiger partial charge in [-0.25, -0.2) is 0 Å². The van der Waals surface area contributed by atoms with Gasteiger partial charge in [0.1, 0.15) is 5.82 Å². The minimum atomic E-state index is -0.235. The molecule has 0 aromatic carbocycles. The summed E-state index contributed by atoms with van der Waals surface area (Å²) in [5.41, 5.74) is 10.7. The van der Waals surface area contributed by atoms with E-state index in [-0.39, 0.29) is 11.4 Å². The summed E-state index contributed by atoms with van der Waals surface area (Å²) in [7, 11) is 0. The molecule has 4 heteroatoms.